The smallest absolute Gasteiger partial charge is 0.113 e. The molecule has 0 spiro atoms. The number of nitrogens with one attached hydrogen (secondary N) is 1. The van der Waals surface area contributed by atoms with Crippen LogP contribution in [-0.4, -0.2) is 44.2 Å². The minimum atomic E-state index is 0.202. The zero-order valence-electron chi connectivity index (χ0n) is 13.2. The van der Waals surface area contributed by atoms with Crippen molar-refractivity contribution in [1.82, 2.24) is 4.98 Å². The van der Waals surface area contributed by atoms with Gasteiger partial charge in [-0.2, -0.15) is 0 Å². The molecule has 0 bridgehead atoms. The molecule has 0 aliphatic carbocycles. The van der Waals surface area contributed by atoms with E-state index >= 15 is 0 Å². The topological polar surface area (TPSA) is 15.8 Å². The summed E-state index contributed by atoms with van der Waals surface area (Å²) < 4.78 is 0. The fourth-order valence-electron chi connectivity index (χ4n) is 3.27. The van der Waals surface area contributed by atoms with Crippen molar-refractivity contribution in [3.63, 3.8) is 0 Å². The Morgan fingerprint density at radius 1 is 0.720 bits per heavy atom. The minimum absolute atomic E-state index is 0.202. The SMILES string of the molecule is [B]c1c([B])c([B])c(-c2cccc3[nH]c4ccc(Cl)cc4c23)c([B])c1[B]. The van der Waals surface area contributed by atoms with E-state index in [0.717, 1.165) is 27.4 Å². The van der Waals surface area contributed by atoms with Crippen LogP contribution in [0.15, 0.2) is 36.4 Å². The van der Waals surface area contributed by atoms with Crippen LogP contribution in [0, 0.1) is 0 Å². The van der Waals surface area contributed by atoms with Gasteiger partial charge in [0.1, 0.15) is 39.2 Å². The number of aromatic nitrogens is 1. The van der Waals surface area contributed by atoms with Crippen LogP contribution >= 0.6 is 11.6 Å². The monoisotopic (exact) mass is 327 g/mol. The van der Waals surface area contributed by atoms with E-state index in [0.29, 0.717) is 21.5 Å². The molecule has 0 amide bonds. The second-order valence-electron chi connectivity index (χ2n) is 5.99. The van der Waals surface area contributed by atoms with E-state index in [1.54, 1.807) is 0 Å². The van der Waals surface area contributed by atoms with E-state index < -0.39 is 0 Å². The quantitative estimate of drug-likeness (QED) is 0.459. The first kappa shape index (κ1) is 16.5. The van der Waals surface area contributed by atoms with Gasteiger partial charge in [-0.05, 0) is 35.4 Å². The minimum Gasteiger partial charge on any atom is -0.354 e. The van der Waals surface area contributed by atoms with Gasteiger partial charge in [0, 0.05) is 26.8 Å². The Morgan fingerprint density at radius 3 is 2.04 bits per heavy atom. The summed E-state index contributed by atoms with van der Waals surface area (Å²) in [5.41, 5.74) is 4.58. The lowest BCUT2D eigenvalue weighted by Gasteiger charge is -2.22. The van der Waals surface area contributed by atoms with Crippen molar-refractivity contribution in [3.05, 3.63) is 41.4 Å². The fraction of sp³-hybridized carbons (Fsp3) is 0. The van der Waals surface area contributed by atoms with Crippen LogP contribution in [0.3, 0.4) is 0 Å². The lowest BCUT2D eigenvalue weighted by molar-refractivity contribution is 1.55. The lowest BCUT2D eigenvalue weighted by atomic mass is 9.59. The molecule has 1 heterocycles. The summed E-state index contributed by atoms with van der Waals surface area (Å²) in [4.78, 5) is 3.37. The maximum absolute atomic E-state index is 6.24. The molecule has 0 fully saturated rings. The molecule has 0 saturated heterocycles. The maximum atomic E-state index is 6.24. The predicted octanol–water partition coefficient (Wildman–Crippen LogP) is -0.389. The summed E-state index contributed by atoms with van der Waals surface area (Å²) in [7, 11) is 30.4. The highest BCUT2D eigenvalue weighted by Gasteiger charge is 2.16. The highest BCUT2D eigenvalue weighted by Crippen LogP contribution is 2.34. The highest BCUT2D eigenvalue weighted by molar-refractivity contribution is 6.68. The zero-order valence-corrected chi connectivity index (χ0v) is 14.0. The molecule has 0 aliphatic rings. The van der Waals surface area contributed by atoms with Gasteiger partial charge in [-0.15, -0.1) is 16.4 Å². The molecule has 0 aliphatic heterocycles. The van der Waals surface area contributed by atoms with E-state index in [2.05, 4.69) is 4.98 Å². The van der Waals surface area contributed by atoms with Gasteiger partial charge in [0.2, 0.25) is 0 Å². The molecule has 0 unspecified atom stereocenters. The third-order valence-electron chi connectivity index (χ3n) is 4.55. The lowest BCUT2D eigenvalue weighted by Crippen LogP contribution is -2.55. The molecule has 25 heavy (non-hydrogen) atoms. The number of H-pyrrole nitrogens is 1. The van der Waals surface area contributed by atoms with Crippen LogP contribution in [0.1, 0.15) is 0 Å². The second-order valence-corrected chi connectivity index (χ2v) is 6.42. The van der Waals surface area contributed by atoms with Gasteiger partial charge in [0.25, 0.3) is 0 Å². The number of halogens is 1. The van der Waals surface area contributed by atoms with Crippen molar-refractivity contribution >= 4 is 100.0 Å². The van der Waals surface area contributed by atoms with Gasteiger partial charge in [-0.1, -0.05) is 34.7 Å². The third kappa shape index (κ3) is 2.38. The Labute approximate surface area is 157 Å². The molecule has 10 radical (unpaired) electrons. The van der Waals surface area contributed by atoms with Gasteiger partial charge >= 0.3 is 0 Å². The van der Waals surface area contributed by atoms with Crippen LogP contribution in [0.4, 0.5) is 0 Å². The first-order valence-electron chi connectivity index (χ1n) is 7.61. The summed E-state index contributed by atoms with van der Waals surface area (Å²) in [6, 6.07) is 11.5. The summed E-state index contributed by atoms with van der Waals surface area (Å²) in [6.45, 7) is 0. The largest absolute Gasteiger partial charge is 0.354 e. The summed E-state index contributed by atoms with van der Waals surface area (Å²) in [5, 5.41) is 2.55. The molecule has 3 aromatic carbocycles. The summed E-state index contributed by atoms with van der Waals surface area (Å²) >= 11 is 6.19. The number of fused-ring (bicyclic) bond motifs is 3. The van der Waals surface area contributed by atoms with Crippen LogP contribution in [0.25, 0.3) is 32.9 Å². The Kier molecular flexibility index (Phi) is 3.84. The molecule has 1 nitrogen and oxygen atoms in total. The van der Waals surface area contributed by atoms with E-state index in [4.69, 9.17) is 50.8 Å². The number of aromatic amines is 1. The number of hydrogen-bond donors (Lipinski definition) is 1. The van der Waals surface area contributed by atoms with Crippen molar-refractivity contribution < 1.29 is 0 Å². The molecule has 4 aromatic rings. The second kappa shape index (κ2) is 5.81. The Balaban J connectivity index is 2.20. The number of rotatable bonds is 1. The molecular formula is C18H7B5ClN. The Morgan fingerprint density at radius 2 is 1.36 bits per heavy atom. The number of benzene rings is 3. The third-order valence-corrected chi connectivity index (χ3v) is 4.79. The molecule has 0 atom stereocenters. The zero-order chi connectivity index (χ0) is 17.9. The molecule has 4 rings (SSSR count). The molecule has 7 heteroatoms. The van der Waals surface area contributed by atoms with Gasteiger partial charge in [-0.25, -0.2) is 0 Å². The fourth-order valence-corrected chi connectivity index (χ4v) is 3.44. The summed E-state index contributed by atoms with van der Waals surface area (Å²) in [6.07, 6.45) is 0. The van der Waals surface area contributed by atoms with E-state index in [-0.39, 0.29) is 16.4 Å². The van der Waals surface area contributed by atoms with Crippen molar-refractivity contribution in [1.29, 1.82) is 0 Å². The van der Waals surface area contributed by atoms with Crippen LogP contribution in [-0.2, 0) is 0 Å². The van der Waals surface area contributed by atoms with Crippen LogP contribution < -0.4 is 27.3 Å². The van der Waals surface area contributed by atoms with Crippen molar-refractivity contribution in [2.75, 3.05) is 0 Å². The van der Waals surface area contributed by atoms with Gasteiger partial charge in [0.05, 0.1) is 0 Å². The standard InChI is InChI=1S/C18H7B5ClN/c19-14-13(15(20)17(22)18(23)16(14)21)8-2-1-3-11-12(8)9-6-7(24)4-5-10(9)25-11/h1-6,25H. The van der Waals surface area contributed by atoms with Crippen molar-refractivity contribution in [2.24, 2.45) is 0 Å². The highest BCUT2D eigenvalue weighted by atomic mass is 35.5. The summed E-state index contributed by atoms with van der Waals surface area (Å²) in [5.74, 6) is 0. The molecule has 0 saturated carbocycles. The van der Waals surface area contributed by atoms with Crippen molar-refractivity contribution in [2.45, 2.75) is 0 Å². The molecular weight excluding hydrogens is 320 g/mol. The van der Waals surface area contributed by atoms with Crippen molar-refractivity contribution in [3.8, 4) is 11.1 Å². The Hall–Kier alpha value is -1.93. The average Bonchev–Trinajstić information content (AvgIpc) is 2.97. The first-order chi connectivity index (χ1) is 11.9. The molecule has 106 valence electrons. The van der Waals surface area contributed by atoms with E-state index in [1.165, 1.54) is 0 Å². The predicted molar refractivity (Wildman–Crippen MR) is 113 cm³/mol. The Bertz CT molecular complexity index is 1140. The van der Waals surface area contributed by atoms with Gasteiger partial charge in [0.15, 0.2) is 0 Å². The van der Waals surface area contributed by atoms with E-state index in [9.17, 15) is 0 Å². The first-order valence-corrected chi connectivity index (χ1v) is 7.99. The molecule has 1 aromatic heterocycles. The van der Waals surface area contributed by atoms with Crippen LogP contribution in [0.5, 0.6) is 0 Å². The average molecular weight is 327 g/mol. The number of hydrogen-bond acceptors (Lipinski definition) is 0. The van der Waals surface area contributed by atoms with Crippen LogP contribution in [0.2, 0.25) is 5.02 Å². The van der Waals surface area contributed by atoms with E-state index in [1.807, 2.05) is 36.4 Å². The van der Waals surface area contributed by atoms with Gasteiger partial charge in [-0.3, -0.25) is 0 Å². The molecule has 1 N–H and O–H groups in total. The maximum Gasteiger partial charge on any atom is 0.113 e. The van der Waals surface area contributed by atoms with Gasteiger partial charge < -0.3 is 4.98 Å². The normalized spacial score (nSPS) is 11.4.